The number of benzene rings is 1. The van der Waals surface area contributed by atoms with Gasteiger partial charge >= 0.3 is 0 Å². The van der Waals surface area contributed by atoms with Gasteiger partial charge in [0.05, 0.1) is 6.10 Å². The predicted molar refractivity (Wildman–Crippen MR) is 83.8 cm³/mol. The summed E-state index contributed by atoms with van der Waals surface area (Å²) in [5, 5.41) is 0. The number of ether oxygens (including phenoxy) is 1. The highest BCUT2D eigenvalue weighted by Gasteiger charge is 2.24. The van der Waals surface area contributed by atoms with Crippen molar-refractivity contribution in [2.75, 3.05) is 19.6 Å². The highest BCUT2D eigenvalue weighted by atomic mass is 16.5. The van der Waals surface area contributed by atoms with Gasteiger partial charge < -0.3 is 10.5 Å². The largest absolute Gasteiger partial charge is 0.491 e. The summed E-state index contributed by atoms with van der Waals surface area (Å²) in [6.45, 7) is 10.5. The lowest BCUT2D eigenvalue weighted by atomic mass is 9.87. The van der Waals surface area contributed by atoms with Gasteiger partial charge in [-0.25, -0.2) is 0 Å². The zero-order valence-corrected chi connectivity index (χ0v) is 13.0. The molecule has 1 aliphatic rings. The van der Waals surface area contributed by atoms with E-state index in [1.54, 1.807) is 0 Å². The van der Waals surface area contributed by atoms with Crippen LogP contribution in [0.4, 0.5) is 0 Å². The molecule has 2 atom stereocenters. The van der Waals surface area contributed by atoms with Crippen LogP contribution in [0.2, 0.25) is 0 Å². The fourth-order valence-corrected chi connectivity index (χ4v) is 2.92. The van der Waals surface area contributed by atoms with Crippen molar-refractivity contribution in [3.8, 4) is 5.75 Å². The van der Waals surface area contributed by atoms with E-state index >= 15 is 0 Å². The maximum absolute atomic E-state index is 5.88. The molecular weight excluding hydrogens is 248 g/mol. The van der Waals surface area contributed by atoms with Gasteiger partial charge in [0.25, 0.3) is 0 Å². The molecule has 1 heterocycles. The Kier molecular flexibility index (Phi) is 5.44. The van der Waals surface area contributed by atoms with E-state index in [1.165, 1.54) is 18.5 Å². The monoisotopic (exact) mass is 276 g/mol. The highest BCUT2D eigenvalue weighted by molar-refractivity contribution is 5.28. The predicted octanol–water partition coefficient (Wildman–Crippen LogP) is 2.89. The summed E-state index contributed by atoms with van der Waals surface area (Å²) in [5.41, 5.74) is 7.21. The van der Waals surface area contributed by atoms with Crippen LogP contribution in [0.15, 0.2) is 24.3 Å². The van der Waals surface area contributed by atoms with Gasteiger partial charge in [-0.05, 0) is 62.9 Å². The minimum absolute atomic E-state index is 0.225. The summed E-state index contributed by atoms with van der Waals surface area (Å²) in [5.74, 6) is 2.36. The molecule has 0 saturated carbocycles. The van der Waals surface area contributed by atoms with Crippen molar-refractivity contribution in [3.63, 3.8) is 0 Å². The molecule has 2 N–H and O–H groups in total. The van der Waals surface area contributed by atoms with Crippen LogP contribution >= 0.6 is 0 Å². The Hall–Kier alpha value is -1.06. The first-order valence-corrected chi connectivity index (χ1v) is 7.76. The van der Waals surface area contributed by atoms with E-state index in [4.69, 9.17) is 10.5 Å². The molecule has 1 saturated heterocycles. The smallest absolute Gasteiger partial charge is 0.120 e. The molecule has 1 aliphatic heterocycles. The Balaban J connectivity index is 1.96. The Labute approximate surface area is 123 Å². The van der Waals surface area contributed by atoms with Crippen molar-refractivity contribution < 1.29 is 4.74 Å². The Bertz CT molecular complexity index is 419. The molecule has 1 aromatic carbocycles. The van der Waals surface area contributed by atoms with Crippen LogP contribution in [0.3, 0.4) is 0 Å². The second-order valence-corrected chi connectivity index (χ2v) is 6.31. The highest BCUT2D eigenvalue weighted by Crippen LogP contribution is 2.24. The molecule has 0 radical (unpaired) electrons. The summed E-state index contributed by atoms with van der Waals surface area (Å²) in [6.07, 6.45) is 1.48. The van der Waals surface area contributed by atoms with Gasteiger partial charge in [0, 0.05) is 13.1 Å². The quantitative estimate of drug-likeness (QED) is 0.898. The molecule has 2 rings (SSSR count). The molecule has 0 amide bonds. The van der Waals surface area contributed by atoms with Crippen LogP contribution in [0.5, 0.6) is 5.75 Å². The second-order valence-electron chi connectivity index (χ2n) is 6.31. The topological polar surface area (TPSA) is 38.5 Å². The Morgan fingerprint density at radius 1 is 1.40 bits per heavy atom. The van der Waals surface area contributed by atoms with Crippen molar-refractivity contribution in [3.05, 3.63) is 29.8 Å². The van der Waals surface area contributed by atoms with Crippen molar-refractivity contribution in [2.24, 2.45) is 17.6 Å². The lowest BCUT2D eigenvalue weighted by molar-refractivity contribution is 0.126. The fraction of sp³-hybridized carbons (Fsp3) is 0.647. The fourth-order valence-electron chi connectivity index (χ4n) is 2.92. The van der Waals surface area contributed by atoms with E-state index in [9.17, 15) is 0 Å². The minimum atomic E-state index is 0.225. The molecule has 0 aromatic heterocycles. The van der Waals surface area contributed by atoms with E-state index in [1.807, 2.05) is 6.07 Å². The van der Waals surface area contributed by atoms with Crippen molar-refractivity contribution in [1.29, 1.82) is 0 Å². The third-order valence-electron chi connectivity index (χ3n) is 4.18. The molecular formula is C17H28N2O. The summed E-state index contributed by atoms with van der Waals surface area (Å²) in [6, 6.07) is 8.46. The van der Waals surface area contributed by atoms with Crippen LogP contribution in [0, 0.1) is 11.8 Å². The molecule has 0 aliphatic carbocycles. The van der Waals surface area contributed by atoms with Gasteiger partial charge in [0.1, 0.15) is 5.75 Å². The number of likely N-dealkylation sites (tertiary alicyclic amines) is 1. The number of nitrogens with zero attached hydrogens (tertiary/aromatic N) is 1. The summed E-state index contributed by atoms with van der Waals surface area (Å²) >= 11 is 0. The van der Waals surface area contributed by atoms with Gasteiger partial charge in [-0.15, -0.1) is 0 Å². The average Bonchev–Trinajstić information content (AvgIpc) is 2.40. The summed E-state index contributed by atoms with van der Waals surface area (Å²) in [4.78, 5) is 2.52. The van der Waals surface area contributed by atoms with Crippen LogP contribution in [0.25, 0.3) is 0 Å². The van der Waals surface area contributed by atoms with Crippen LogP contribution in [-0.2, 0) is 6.54 Å². The first-order valence-electron chi connectivity index (χ1n) is 7.76. The number of piperidine rings is 1. The Morgan fingerprint density at radius 2 is 2.20 bits per heavy atom. The standard InChI is InChI=1S/C17H28N2O/c1-13(2)20-17-6-4-5-15(9-17)11-19-8-7-14(3)16(10-18)12-19/h4-6,9,13-14,16H,7-8,10-12,18H2,1-3H3. The number of nitrogens with two attached hydrogens (primary N) is 1. The van der Waals surface area contributed by atoms with E-state index in [0.717, 1.165) is 31.3 Å². The minimum Gasteiger partial charge on any atom is -0.491 e. The van der Waals surface area contributed by atoms with E-state index < -0.39 is 0 Å². The molecule has 1 fully saturated rings. The number of hydrogen-bond acceptors (Lipinski definition) is 3. The van der Waals surface area contributed by atoms with Crippen LogP contribution < -0.4 is 10.5 Å². The van der Waals surface area contributed by atoms with Gasteiger partial charge in [-0.3, -0.25) is 4.90 Å². The Morgan fingerprint density at radius 3 is 2.90 bits per heavy atom. The van der Waals surface area contributed by atoms with Gasteiger partial charge in [-0.2, -0.15) is 0 Å². The number of hydrogen-bond donors (Lipinski definition) is 1. The van der Waals surface area contributed by atoms with Crippen LogP contribution in [-0.4, -0.2) is 30.6 Å². The van der Waals surface area contributed by atoms with E-state index in [-0.39, 0.29) is 6.10 Å². The zero-order valence-electron chi connectivity index (χ0n) is 13.0. The normalized spacial score (nSPS) is 24.1. The molecule has 0 bridgehead atoms. The summed E-state index contributed by atoms with van der Waals surface area (Å²) in [7, 11) is 0. The molecule has 0 spiro atoms. The second kappa shape index (κ2) is 7.09. The first kappa shape index (κ1) is 15.3. The van der Waals surface area contributed by atoms with E-state index in [2.05, 4.69) is 43.9 Å². The SMILES string of the molecule is CC(C)Oc1cccc(CN2CCC(C)C(CN)C2)c1. The third-order valence-corrected chi connectivity index (χ3v) is 4.18. The van der Waals surface area contributed by atoms with Crippen molar-refractivity contribution in [2.45, 2.75) is 39.8 Å². The van der Waals surface area contributed by atoms with E-state index in [0.29, 0.717) is 5.92 Å². The van der Waals surface area contributed by atoms with Crippen LogP contribution in [0.1, 0.15) is 32.8 Å². The molecule has 20 heavy (non-hydrogen) atoms. The first-order chi connectivity index (χ1) is 9.58. The molecule has 3 heteroatoms. The number of rotatable bonds is 5. The van der Waals surface area contributed by atoms with Crippen molar-refractivity contribution >= 4 is 0 Å². The lowest BCUT2D eigenvalue weighted by Gasteiger charge is -2.36. The van der Waals surface area contributed by atoms with Gasteiger partial charge in [0.2, 0.25) is 0 Å². The van der Waals surface area contributed by atoms with Crippen molar-refractivity contribution in [1.82, 2.24) is 4.90 Å². The molecule has 3 nitrogen and oxygen atoms in total. The van der Waals surface area contributed by atoms with Gasteiger partial charge in [0.15, 0.2) is 0 Å². The third kappa shape index (κ3) is 4.22. The molecule has 1 aromatic rings. The molecule has 2 unspecified atom stereocenters. The lowest BCUT2D eigenvalue weighted by Crippen LogP contribution is -2.42. The summed E-state index contributed by atoms with van der Waals surface area (Å²) < 4.78 is 5.76. The maximum Gasteiger partial charge on any atom is 0.120 e. The maximum atomic E-state index is 5.88. The van der Waals surface area contributed by atoms with Gasteiger partial charge in [-0.1, -0.05) is 19.1 Å². The molecule has 112 valence electrons. The zero-order chi connectivity index (χ0) is 14.5. The average molecular weight is 276 g/mol.